The third-order valence-corrected chi connectivity index (χ3v) is 7.11. The van der Waals surface area contributed by atoms with Gasteiger partial charge in [-0.2, -0.15) is 5.10 Å². The number of aromatic amines is 1. The van der Waals surface area contributed by atoms with Gasteiger partial charge in [0.25, 0.3) is 5.91 Å². The maximum atomic E-state index is 13.2. The number of amides is 2. The second kappa shape index (κ2) is 10.8. The monoisotopic (exact) mass is 545 g/mol. The number of anilines is 1. The van der Waals surface area contributed by atoms with Gasteiger partial charge in [0.15, 0.2) is 11.0 Å². The predicted molar refractivity (Wildman–Crippen MR) is 147 cm³/mol. The molecule has 1 saturated heterocycles. The van der Waals surface area contributed by atoms with Crippen LogP contribution < -0.4 is 10.6 Å². The predicted octanol–water partition coefficient (Wildman–Crippen LogP) is 4.90. The van der Waals surface area contributed by atoms with E-state index in [1.807, 2.05) is 10.6 Å². The van der Waals surface area contributed by atoms with Crippen LogP contribution in [0.5, 0.6) is 0 Å². The maximum absolute atomic E-state index is 13.2. The summed E-state index contributed by atoms with van der Waals surface area (Å²) in [4.78, 5) is 31.0. The van der Waals surface area contributed by atoms with Crippen molar-refractivity contribution in [2.45, 2.75) is 65.1 Å². The van der Waals surface area contributed by atoms with Gasteiger partial charge in [0.1, 0.15) is 11.5 Å². The first-order valence-corrected chi connectivity index (χ1v) is 13.2. The standard InChI is InChI=1S/C26H33Cl2N7O2/c1-6-8-9-35-20(31-23(28)22(35)25(37)30-15-13-34(14-15)21(36)7-2)12-29-24-16-10-17(26(3,4)5)18(27)11-19(16)32-33-24/h7,10-11,15H,2,6,8-9,12-14H2,1,3-5H3,(H,30,37)(H2,29,32,33). The van der Waals surface area contributed by atoms with E-state index >= 15 is 0 Å². The zero-order valence-corrected chi connectivity index (χ0v) is 23.1. The average molecular weight is 547 g/mol. The Kier molecular flexibility index (Phi) is 7.85. The van der Waals surface area contributed by atoms with Crippen LogP contribution in [0.4, 0.5) is 5.82 Å². The van der Waals surface area contributed by atoms with Gasteiger partial charge in [-0.15, -0.1) is 0 Å². The van der Waals surface area contributed by atoms with Crippen molar-refractivity contribution < 1.29 is 9.59 Å². The summed E-state index contributed by atoms with van der Waals surface area (Å²) in [6.07, 6.45) is 3.09. The number of H-pyrrole nitrogens is 1. The summed E-state index contributed by atoms with van der Waals surface area (Å²) < 4.78 is 1.87. The number of benzene rings is 1. The van der Waals surface area contributed by atoms with Crippen LogP contribution in [-0.2, 0) is 23.3 Å². The fraction of sp³-hybridized carbons (Fsp3) is 0.462. The van der Waals surface area contributed by atoms with Crippen molar-refractivity contribution in [1.82, 2.24) is 30.0 Å². The molecule has 1 aliphatic rings. The maximum Gasteiger partial charge on any atom is 0.271 e. The molecule has 0 atom stereocenters. The lowest BCUT2D eigenvalue weighted by atomic mass is 9.86. The SMILES string of the molecule is C=CC(=O)N1CC(NC(=O)c2c(Cl)nc(CNc3n[nH]c4cc(Cl)c(C(C)(C)C)cc34)n2CCCC)C1. The van der Waals surface area contributed by atoms with Crippen LogP contribution in [0.3, 0.4) is 0 Å². The number of likely N-dealkylation sites (tertiary alicyclic amines) is 1. The molecule has 2 amide bonds. The first-order valence-electron chi connectivity index (χ1n) is 12.4. The highest BCUT2D eigenvalue weighted by molar-refractivity contribution is 6.32. The smallest absolute Gasteiger partial charge is 0.271 e. The second-order valence-electron chi connectivity index (χ2n) is 10.3. The van der Waals surface area contributed by atoms with Crippen LogP contribution in [0.25, 0.3) is 10.9 Å². The van der Waals surface area contributed by atoms with Crippen LogP contribution in [0, 0.1) is 0 Å². The third-order valence-electron chi connectivity index (χ3n) is 6.53. The van der Waals surface area contributed by atoms with E-state index < -0.39 is 0 Å². The van der Waals surface area contributed by atoms with Crippen molar-refractivity contribution in [2.24, 2.45) is 0 Å². The number of unbranched alkanes of at least 4 members (excludes halogenated alkanes) is 1. The molecule has 3 aromatic rings. The van der Waals surface area contributed by atoms with E-state index in [2.05, 4.69) is 66.2 Å². The molecule has 1 fully saturated rings. The number of imidazole rings is 1. The molecule has 3 N–H and O–H groups in total. The van der Waals surface area contributed by atoms with Gasteiger partial charge >= 0.3 is 0 Å². The van der Waals surface area contributed by atoms with Gasteiger partial charge in [-0.05, 0) is 35.6 Å². The highest BCUT2D eigenvalue weighted by Gasteiger charge is 2.32. The lowest BCUT2D eigenvalue weighted by Gasteiger charge is -2.38. The van der Waals surface area contributed by atoms with Crippen LogP contribution in [0.1, 0.15) is 62.4 Å². The Hall–Kier alpha value is -3.04. The molecule has 0 radical (unpaired) electrons. The Morgan fingerprint density at radius 3 is 2.65 bits per heavy atom. The van der Waals surface area contributed by atoms with Crippen LogP contribution in [-0.4, -0.2) is 55.6 Å². The summed E-state index contributed by atoms with van der Waals surface area (Å²) in [7, 11) is 0. The molecule has 37 heavy (non-hydrogen) atoms. The van der Waals surface area contributed by atoms with Crippen molar-refractivity contribution in [3.8, 4) is 0 Å². The largest absolute Gasteiger partial charge is 0.361 e. The second-order valence-corrected chi connectivity index (χ2v) is 11.1. The Morgan fingerprint density at radius 2 is 2.00 bits per heavy atom. The summed E-state index contributed by atoms with van der Waals surface area (Å²) in [6, 6.07) is 3.81. The van der Waals surface area contributed by atoms with Crippen LogP contribution >= 0.6 is 23.2 Å². The molecular weight excluding hydrogens is 513 g/mol. The molecule has 198 valence electrons. The van der Waals surface area contributed by atoms with Gasteiger partial charge in [0, 0.05) is 30.0 Å². The molecule has 1 aromatic carbocycles. The minimum atomic E-state index is -0.301. The number of aromatic nitrogens is 4. The summed E-state index contributed by atoms with van der Waals surface area (Å²) in [5.74, 6) is 0.866. The van der Waals surface area contributed by atoms with Gasteiger partial charge in [-0.1, -0.05) is 63.9 Å². The van der Waals surface area contributed by atoms with Crippen molar-refractivity contribution in [2.75, 3.05) is 18.4 Å². The fourth-order valence-corrected chi connectivity index (χ4v) is 5.15. The summed E-state index contributed by atoms with van der Waals surface area (Å²) in [6.45, 7) is 13.8. The number of nitrogens with zero attached hydrogens (tertiary/aromatic N) is 4. The number of fused-ring (bicyclic) bond motifs is 1. The third kappa shape index (κ3) is 5.62. The molecule has 4 rings (SSSR count). The number of hydrogen-bond acceptors (Lipinski definition) is 5. The Labute approximate surface area is 226 Å². The molecule has 1 aliphatic heterocycles. The first-order chi connectivity index (χ1) is 17.5. The molecule has 0 spiro atoms. The zero-order valence-electron chi connectivity index (χ0n) is 21.6. The minimum absolute atomic E-state index is 0.123. The number of nitrogens with one attached hydrogen (secondary N) is 3. The number of carbonyl (C=O) groups excluding carboxylic acids is 2. The summed E-state index contributed by atoms with van der Waals surface area (Å²) in [5.41, 5.74) is 2.07. The van der Waals surface area contributed by atoms with Gasteiger partial charge in [0.2, 0.25) is 5.91 Å². The fourth-order valence-electron chi connectivity index (χ4n) is 4.42. The van der Waals surface area contributed by atoms with Gasteiger partial charge in [-0.3, -0.25) is 14.7 Å². The zero-order chi connectivity index (χ0) is 26.9. The molecule has 0 aliphatic carbocycles. The molecule has 2 aromatic heterocycles. The van der Waals surface area contributed by atoms with Crippen molar-refractivity contribution in [3.05, 3.63) is 52.0 Å². The molecular formula is C26H33Cl2N7O2. The van der Waals surface area contributed by atoms with E-state index in [1.54, 1.807) is 4.90 Å². The quantitative estimate of drug-likeness (QED) is 0.331. The Morgan fingerprint density at radius 1 is 1.27 bits per heavy atom. The molecule has 0 saturated carbocycles. The Bertz CT molecular complexity index is 1330. The van der Waals surface area contributed by atoms with E-state index in [0.717, 1.165) is 29.3 Å². The molecule has 3 heterocycles. The number of rotatable bonds is 9. The van der Waals surface area contributed by atoms with Gasteiger partial charge in [0.05, 0.1) is 18.1 Å². The van der Waals surface area contributed by atoms with E-state index in [0.29, 0.717) is 48.5 Å². The van der Waals surface area contributed by atoms with E-state index in [9.17, 15) is 9.59 Å². The van der Waals surface area contributed by atoms with Gasteiger partial charge in [-0.25, -0.2) is 4.98 Å². The lowest BCUT2D eigenvalue weighted by Crippen LogP contribution is -2.60. The van der Waals surface area contributed by atoms with E-state index in [-0.39, 0.29) is 28.4 Å². The van der Waals surface area contributed by atoms with Crippen LogP contribution in [0.2, 0.25) is 10.2 Å². The average Bonchev–Trinajstić information content (AvgIpc) is 3.35. The normalized spacial score (nSPS) is 14.1. The van der Waals surface area contributed by atoms with E-state index in [4.69, 9.17) is 23.2 Å². The van der Waals surface area contributed by atoms with Crippen LogP contribution in [0.15, 0.2) is 24.8 Å². The molecule has 0 unspecified atom stereocenters. The molecule has 0 bridgehead atoms. The summed E-state index contributed by atoms with van der Waals surface area (Å²) >= 11 is 13.0. The van der Waals surface area contributed by atoms with Gasteiger partial charge < -0.3 is 20.1 Å². The van der Waals surface area contributed by atoms with Crippen molar-refractivity contribution in [3.63, 3.8) is 0 Å². The number of halogens is 2. The highest BCUT2D eigenvalue weighted by atomic mass is 35.5. The first kappa shape index (κ1) is 27.0. The molecule has 9 nitrogen and oxygen atoms in total. The topological polar surface area (TPSA) is 108 Å². The van der Waals surface area contributed by atoms with Crippen molar-refractivity contribution >= 4 is 51.7 Å². The number of carbonyl (C=O) groups is 2. The summed E-state index contributed by atoms with van der Waals surface area (Å²) in [5, 5.41) is 15.6. The lowest BCUT2D eigenvalue weighted by molar-refractivity contribution is -0.130. The number of hydrogen-bond donors (Lipinski definition) is 3. The Balaban J connectivity index is 1.54. The van der Waals surface area contributed by atoms with Crippen molar-refractivity contribution in [1.29, 1.82) is 0 Å². The molecule has 11 heteroatoms. The van der Waals surface area contributed by atoms with E-state index in [1.165, 1.54) is 6.08 Å². The highest BCUT2D eigenvalue weighted by Crippen LogP contribution is 2.35. The minimum Gasteiger partial charge on any atom is -0.361 e.